The molecule has 2 rings (SSSR count). The predicted octanol–water partition coefficient (Wildman–Crippen LogP) is 2.14. The van der Waals surface area contributed by atoms with Crippen LogP contribution in [0.5, 0.6) is 5.88 Å². The maximum absolute atomic E-state index is 11.4. The van der Waals surface area contributed by atoms with Crippen LogP contribution in [0.4, 0.5) is 0 Å². The predicted molar refractivity (Wildman–Crippen MR) is 71.2 cm³/mol. The Morgan fingerprint density at radius 3 is 2.68 bits per heavy atom. The number of aliphatic carboxylic acids is 1. The SMILES string of the molecule is COc1ccc(C(NC2CCCCC2)C(=O)O)cn1. The van der Waals surface area contributed by atoms with Crippen molar-refractivity contribution < 1.29 is 14.6 Å². The summed E-state index contributed by atoms with van der Waals surface area (Å²) in [5.41, 5.74) is 0.666. The minimum atomic E-state index is -0.863. The molecule has 1 aliphatic rings. The number of aromatic nitrogens is 1. The van der Waals surface area contributed by atoms with Crippen molar-refractivity contribution in [3.05, 3.63) is 23.9 Å². The fourth-order valence-electron chi connectivity index (χ4n) is 2.50. The van der Waals surface area contributed by atoms with Crippen LogP contribution < -0.4 is 10.1 Å². The van der Waals surface area contributed by atoms with Crippen molar-refractivity contribution in [2.45, 2.75) is 44.2 Å². The first-order chi connectivity index (χ1) is 9.20. The average molecular weight is 264 g/mol. The highest BCUT2D eigenvalue weighted by Gasteiger charge is 2.24. The number of nitrogens with zero attached hydrogens (tertiary/aromatic N) is 1. The lowest BCUT2D eigenvalue weighted by atomic mass is 9.94. The topological polar surface area (TPSA) is 71.5 Å². The van der Waals surface area contributed by atoms with E-state index in [0.717, 1.165) is 12.8 Å². The van der Waals surface area contributed by atoms with Crippen molar-refractivity contribution in [1.82, 2.24) is 10.3 Å². The molecule has 1 aliphatic carbocycles. The fourth-order valence-corrected chi connectivity index (χ4v) is 2.50. The van der Waals surface area contributed by atoms with Gasteiger partial charge in [-0.05, 0) is 24.5 Å². The largest absolute Gasteiger partial charge is 0.481 e. The van der Waals surface area contributed by atoms with Gasteiger partial charge in [0.05, 0.1) is 7.11 Å². The third-order valence-electron chi connectivity index (χ3n) is 3.56. The molecule has 0 aliphatic heterocycles. The van der Waals surface area contributed by atoms with E-state index in [1.54, 1.807) is 18.3 Å². The van der Waals surface area contributed by atoms with Gasteiger partial charge in [0.1, 0.15) is 6.04 Å². The summed E-state index contributed by atoms with van der Waals surface area (Å²) in [4.78, 5) is 15.5. The van der Waals surface area contributed by atoms with Crippen LogP contribution in [0.2, 0.25) is 0 Å². The number of ether oxygens (including phenoxy) is 1. The van der Waals surface area contributed by atoms with Gasteiger partial charge in [-0.3, -0.25) is 10.1 Å². The molecular formula is C14H20N2O3. The van der Waals surface area contributed by atoms with E-state index in [9.17, 15) is 9.90 Å². The lowest BCUT2D eigenvalue weighted by molar-refractivity contribution is -0.140. The van der Waals surface area contributed by atoms with Crippen LogP contribution in [0.15, 0.2) is 18.3 Å². The standard InChI is InChI=1S/C14H20N2O3/c1-19-12-8-7-10(9-15-12)13(14(17)18)16-11-5-3-2-4-6-11/h7-9,11,13,16H,2-6H2,1H3,(H,17,18). The van der Waals surface area contributed by atoms with Gasteiger partial charge >= 0.3 is 5.97 Å². The minimum absolute atomic E-state index is 0.289. The van der Waals surface area contributed by atoms with Gasteiger partial charge in [0, 0.05) is 18.3 Å². The second-order valence-corrected chi connectivity index (χ2v) is 4.91. The maximum Gasteiger partial charge on any atom is 0.325 e. The van der Waals surface area contributed by atoms with Crippen molar-refractivity contribution in [2.75, 3.05) is 7.11 Å². The van der Waals surface area contributed by atoms with E-state index in [0.29, 0.717) is 11.4 Å². The molecule has 1 aromatic rings. The molecule has 2 N–H and O–H groups in total. The lowest BCUT2D eigenvalue weighted by Gasteiger charge is -2.26. The Kier molecular flexibility index (Phi) is 4.74. The first kappa shape index (κ1) is 13.8. The molecule has 0 saturated heterocycles. The zero-order chi connectivity index (χ0) is 13.7. The molecule has 5 nitrogen and oxygen atoms in total. The van der Waals surface area contributed by atoms with Gasteiger partial charge in [-0.25, -0.2) is 4.98 Å². The summed E-state index contributed by atoms with van der Waals surface area (Å²) in [6.45, 7) is 0. The summed E-state index contributed by atoms with van der Waals surface area (Å²) in [5.74, 6) is -0.372. The lowest BCUT2D eigenvalue weighted by Crippen LogP contribution is -2.38. The van der Waals surface area contributed by atoms with Gasteiger partial charge in [0.25, 0.3) is 0 Å². The number of carbonyl (C=O) groups is 1. The molecule has 1 unspecified atom stereocenters. The molecule has 1 fully saturated rings. The van der Waals surface area contributed by atoms with Gasteiger partial charge < -0.3 is 9.84 Å². The number of carboxylic acid groups (broad SMARTS) is 1. The van der Waals surface area contributed by atoms with E-state index in [4.69, 9.17) is 4.74 Å². The van der Waals surface area contributed by atoms with Gasteiger partial charge in [0.2, 0.25) is 5.88 Å². The minimum Gasteiger partial charge on any atom is -0.481 e. The summed E-state index contributed by atoms with van der Waals surface area (Å²) in [6, 6.07) is 3.03. The molecule has 0 spiro atoms. The summed E-state index contributed by atoms with van der Waals surface area (Å²) in [6.07, 6.45) is 7.25. The van der Waals surface area contributed by atoms with Crippen molar-refractivity contribution in [1.29, 1.82) is 0 Å². The van der Waals surface area contributed by atoms with Crippen molar-refractivity contribution in [3.8, 4) is 5.88 Å². The highest BCUT2D eigenvalue weighted by atomic mass is 16.5. The number of methoxy groups -OCH3 is 1. The molecule has 19 heavy (non-hydrogen) atoms. The van der Waals surface area contributed by atoms with Crippen molar-refractivity contribution in [3.63, 3.8) is 0 Å². The first-order valence-corrected chi connectivity index (χ1v) is 6.69. The van der Waals surface area contributed by atoms with E-state index >= 15 is 0 Å². The number of hydrogen-bond donors (Lipinski definition) is 2. The molecular weight excluding hydrogens is 244 g/mol. The zero-order valence-corrected chi connectivity index (χ0v) is 11.1. The number of rotatable bonds is 5. The Morgan fingerprint density at radius 2 is 2.16 bits per heavy atom. The highest BCUT2D eigenvalue weighted by Crippen LogP contribution is 2.22. The molecule has 0 bridgehead atoms. The number of pyridine rings is 1. The molecule has 1 aromatic heterocycles. The average Bonchev–Trinajstić information content (AvgIpc) is 2.46. The van der Waals surface area contributed by atoms with Crippen molar-refractivity contribution in [2.24, 2.45) is 0 Å². The summed E-state index contributed by atoms with van der Waals surface area (Å²) in [5, 5.41) is 12.6. The quantitative estimate of drug-likeness (QED) is 0.852. The second-order valence-electron chi connectivity index (χ2n) is 4.91. The van der Waals surface area contributed by atoms with Crippen LogP contribution in [0.1, 0.15) is 43.7 Å². The van der Waals surface area contributed by atoms with E-state index < -0.39 is 12.0 Å². The number of hydrogen-bond acceptors (Lipinski definition) is 4. The first-order valence-electron chi connectivity index (χ1n) is 6.69. The van der Waals surface area contributed by atoms with Crippen LogP contribution >= 0.6 is 0 Å². The van der Waals surface area contributed by atoms with Crippen LogP contribution in [-0.2, 0) is 4.79 Å². The summed E-state index contributed by atoms with van der Waals surface area (Å²) in [7, 11) is 1.54. The fraction of sp³-hybridized carbons (Fsp3) is 0.571. The number of carboxylic acids is 1. The van der Waals surface area contributed by atoms with Crippen LogP contribution in [0.25, 0.3) is 0 Å². The molecule has 0 radical (unpaired) electrons. The van der Waals surface area contributed by atoms with Gasteiger partial charge in [-0.1, -0.05) is 19.3 Å². The van der Waals surface area contributed by atoms with Crippen molar-refractivity contribution >= 4 is 5.97 Å². The monoisotopic (exact) mass is 264 g/mol. The number of nitrogens with one attached hydrogen (secondary N) is 1. The molecule has 1 heterocycles. The molecule has 0 aromatic carbocycles. The third-order valence-corrected chi connectivity index (χ3v) is 3.56. The van der Waals surface area contributed by atoms with Crippen LogP contribution in [0, 0.1) is 0 Å². The smallest absolute Gasteiger partial charge is 0.325 e. The van der Waals surface area contributed by atoms with Gasteiger partial charge in [-0.15, -0.1) is 0 Å². The molecule has 1 saturated carbocycles. The maximum atomic E-state index is 11.4. The van der Waals surface area contributed by atoms with Gasteiger partial charge in [0.15, 0.2) is 0 Å². The molecule has 1 atom stereocenters. The van der Waals surface area contributed by atoms with Gasteiger partial charge in [-0.2, -0.15) is 0 Å². The second kappa shape index (κ2) is 6.52. The van der Waals surface area contributed by atoms with Crippen LogP contribution in [-0.4, -0.2) is 29.2 Å². The Morgan fingerprint density at radius 1 is 1.42 bits per heavy atom. The highest BCUT2D eigenvalue weighted by molar-refractivity contribution is 5.75. The molecule has 5 heteroatoms. The third kappa shape index (κ3) is 3.67. The normalized spacial score (nSPS) is 17.9. The summed E-state index contributed by atoms with van der Waals surface area (Å²) >= 11 is 0. The molecule has 0 amide bonds. The Bertz CT molecular complexity index is 413. The van der Waals surface area contributed by atoms with E-state index in [-0.39, 0.29) is 6.04 Å². The Hall–Kier alpha value is -1.62. The summed E-state index contributed by atoms with van der Waals surface area (Å²) < 4.78 is 4.98. The van der Waals surface area contributed by atoms with Crippen LogP contribution in [0.3, 0.4) is 0 Å². The molecule has 104 valence electrons. The van der Waals surface area contributed by atoms with E-state index in [2.05, 4.69) is 10.3 Å². The zero-order valence-electron chi connectivity index (χ0n) is 11.1. The van der Waals surface area contributed by atoms with E-state index in [1.807, 2.05) is 0 Å². The Labute approximate surface area is 113 Å². The Balaban J connectivity index is 2.07. The van der Waals surface area contributed by atoms with E-state index in [1.165, 1.54) is 26.4 Å².